The van der Waals surface area contributed by atoms with E-state index >= 15 is 0 Å². The monoisotopic (exact) mass is 482 g/mol. The zero-order chi connectivity index (χ0) is 24.5. The summed E-state index contributed by atoms with van der Waals surface area (Å²) in [4.78, 5) is 14.7. The standard InChI is InChI=1S/C25H34N6O2S/c1-5-34(32,33)30-22-12-19(13-23(29-22)31(4)15-20-11-16(20)2)21-14-27-25(28-21)17(3)24(26)18-9-7-6-8-10-18/h6-10,12-14,16-17,20,24H,5,11,15,26H2,1-4H3,(H,27,28)(H,29,30). The molecule has 0 spiro atoms. The van der Waals surface area contributed by atoms with Crippen LogP contribution in [0.15, 0.2) is 48.7 Å². The summed E-state index contributed by atoms with van der Waals surface area (Å²) < 4.78 is 27.1. The molecule has 1 aliphatic rings. The largest absolute Gasteiger partial charge is 0.359 e. The summed E-state index contributed by atoms with van der Waals surface area (Å²) in [6.45, 7) is 6.78. The van der Waals surface area contributed by atoms with Gasteiger partial charge in [0.15, 0.2) is 0 Å². The molecule has 0 saturated heterocycles. The molecule has 2 heterocycles. The van der Waals surface area contributed by atoms with Crippen molar-refractivity contribution in [3.05, 3.63) is 60.0 Å². The summed E-state index contributed by atoms with van der Waals surface area (Å²) in [6.07, 6.45) is 2.98. The maximum atomic E-state index is 12.2. The molecular formula is C25H34N6O2S. The van der Waals surface area contributed by atoms with Crippen molar-refractivity contribution in [1.29, 1.82) is 0 Å². The highest BCUT2D eigenvalue weighted by Gasteiger charge is 2.33. The van der Waals surface area contributed by atoms with Gasteiger partial charge in [-0.25, -0.2) is 18.4 Å². The minimum atomic E-state index is -3.46. The number of H-pyrrole nitrogens is 1. The molecule has 182 valence electrons. The SMILES string of the molecule is CCS(=O)(=O)Nc1cc(-c2cnc(C(C)C(N)c3ccccc3)[nH]2)cc(N(C)CC2CC2C)n1. The van der Waals surface area contributed by atoms with Gasteiger partial charge in [-0.15, -0.1) is 0 Å². The second-order valence-corrected chi connectivity index (χ2v) is 11.4. The van der Waals surface area contributed by atoms with Gasteiger partial charge in [-0.3, -0.25) is 4.72 Å². The van der Waals surface area contributed by atoms with Crippen LogP contribution in [-0.2, 0) is 10.0 Å². The molecule has 3 aromatic rings. The number of aromatic amines is 1. The van der Waals surface area contributed by atoms with Gasteiger partial charge in [0.05, 0.1) is 17.6 Å². The maximum Gasteiger partial charge on any atom is 0.233 e. The number of imidazole rings is 1. The lowest BCUT2D eigenvalue weighted by Crippen LogP contribution is -2.23. The van der Waals surface area contributed by atoms with Gasteiger partial charge in [0.2, 0.25) is 10.0 Å². The first-order valence-corrected chi connectivity index (χ1v) is 13.4. The zero-order valence-corrected chi connectivity index (χ0v) is 21.0. The number of nitrogens with one attached hydrogen (secondary N) is 2. The molecule has 0 aliphatic heterocycles. The van der Waals surface area contributed by atoms with Gasteiger partial charge >= 0.3 is 0 Å². The first kappa shape index (κ1) is 24.2. The molecule has 4 unspecified atom stereocenters. The Morgan fingerprint density at radius 1 is 1.26 bits per heavy atom. The number of anilines is 2. The van der Waals surface area contributed by atoms with Gasteiger partial charge in [-0.1, -0.05) is 44.2 Å². The van der Waals surface area contributed by atoms with E-state index in [0.29, 0.717) is 17.7 Å². The highest BCUT2D eigenvalue weighted by molar-refractivity contribution is 7.92. The third-order valence-electron chi connectivity index (χ3n) is 6.69. The Morgan fingerprint density at radius 2 is 1.97 bits per heavy atom. The Labute approximate surface area is 202 Å². The van der Waals surface area contributed by atoms with Crippen molar-refractivity contribution in [2.24, 2.45) is 17.6 Å². The number of aromatic nitrogens is 3. The van der Waals surface area contributed by atoms with Gasteiger partial charge in [0.1, 0.15) is 17.5 Å². The lowest BCUT2D eigenvalue weighted by Gasteiger charge is -2.20. The van der Waals surface area contributed by atoms with Gasteiger partial charge in [0, 0.05) is 31.1 Å². The molecule has 1 saturated carbocycles. The smallest absolute Gasteiger partial charge is 0.233 e. The number of rotatable bonds is 10. The number of sulfonamides is 1. The molecule has 0 amide bonds. The molecule has 4 rings (SSSR count). The summed E-state index contributed by atoms with van der Waals surface area (Å²) in [7, 11) is -1.46. The normalized spacial score (nSPS) is 19.4. The number of hydrogen-bond acceptors (Lipinski definition) is 6. The predicted octanol–water partition coefficient (Wildman–Crippen LogP) is 4.13. The highest BCUT2D eigenvalue weighted by atomic mass is 32.2. The van der Waals surface area contributed by atoms with E-state index in [1.807, 2.05) is 50.4 Å². The summed E-state index contributed by atoms with van der Waals surface area (Å²) >= 11 is 0. The molecular weight excluding hydrogens is 448 g/mol. The lowest BCUT2D eigenvalue weighted by atomic mass is 9.95. The van der Waals surface area contributed by atoms with Crippen LogP contribution in [0, 0.1) is 11.8 Å². The van der Waals surface area contributed by atoms with E-state index in [4.69, 9.17) is 5.73 Å². The maximum absolute atomic E-state index is 12.2. The zero-order valence-electron chi connectivity index (χ0n) is 20.2. The van der Waals surface area contributed by atoms with Crippen LogP contribution < -0.4 is 15.4 Å². The van der Waals surface area contributed by atoms with E-state index in [2.05, 4.69) is 31.5 Å². The summed E-state index contributed by atoms with van der Waals surface area (Å²) in [5.41, 5.74) is 9.15. The van der Waals surface area contributed by atoms with Crippen LogP contribution in [0.3, 0.4) is 0 Å². The molecule has 1 aliphatic carbocycles. The van der Waals surface area contributed by atoms with E-state index in [0.717, 1.165) is 35.0 Å². The van der Waals surface area contributed by atoms with Crippen molar-refractivity contribution in [1.82, 2.24) is 15.0 Å². The third kappa shape index (κ3) is 5.59. The van der Waals surface area contributed by atoms with Gasteiger partial charge in [-0.05, 0) is 42.9 Å². The Morgan fingerprint density at radius 3 is 2.62 bits per heavy atom. The molecule has 34 heavy (non-hydrogen) atoms. The number of pyridine rings is 1. The van der Waals surface area contributed by atoms with Crippen molar-refractivity contribution in [2.45, 2.75) is 39.2 Å². The van der Waals surface area contributed by atoms with Crippen molar-refractivity contribution in [2.75, 3.05) is 29.0 Å². The predicted molar refractivity (Wildman–Crippen MR) is 137 cm³/mol. The number of nitrogens with zero attached hydrogens (tertiary/aromatic N) is 3. The van der Waals surface area contributed by atoms with Crippen LogP contribution in [0.4, 0.5) is 11.6 Å². The number of benzene rings is 1. The van der Waals surface area contributed by atoms with Crippen LogP contribution in [0.25, 0.3) is 11.3 Å². The summed E-state index contributed by atoms with van der Waals surface area (Å²) in [6, 6.07) is 13.5. The summed E-state index contributed by atoms with van der Waals surface area (Å²) in [5.74, 6) is 3.10. The molecule has 4 atom stereocenters. The van der Waals surface area contributed by atoms with Crippen LogP contribution in [0.2, 0.25) is 0 Å². The van der Waals surface area contributed by atoms with E-state index in [1.54, 1.807) is 19.2 Å². The van der Waals surface area contributed by atoms with Crippen molar-refractivity contribution in [3.8, 4) is 11.3 Å². The molecule has 2 aromatic heterocycles. The Balaban J connectivity index is 1.63. The molecule has 9 heteroatoms. The molecule has 0 radical (unpaired) electrons. The Bertz CT molecular complexity index is 1230. The fourth-order valence-corrected chi connectivity index (χ4v) is 4.67. The first-order chi connectivity index (χ1) is 16.2. The minimum Gasteiger partial charge on any atom is -0.359 e. The fourth-order valence-electron chi connectivity index (χ4n) is 4.10. The van der Waals surface area contributed by atoms with Crippen LogP contribution >= 0.6 is 0 Å². The average Bonchev–Trinajstić information content (AvgIpc) is 3.31. The van der Waals surface area contributed by atoms with Gasteiger partial charge in [-0.2, -0.15) is 0 Å². The lowest BCUT2D eigenvalue weighted by molar-refractivity contribution is 0.573. The molecule has 1 fully saturated rings. The average molecular weight is 483 g/mol. The first-order valence-electron chi connectivity index (χ1n) is 11.8. The van der Waals surface area contributed by atoms with E-state index < -0.39 is 10.0 Å². The second-order valence-electron chi connectivity index (χ2n) is 9.37. The van der Waals surface area contributed by atoms with Gasteiger partial charge < -0.3 is 15.6 Å². The second kappa shape index (κ2) is 9.76. The third-order valence-corrected chi connectivity index (χ3v) is 7.97. The van der Waals surface area contributed by atoms with Gasteiger partial charge in [0.25, 0.3) is 0 Å². The quantitative estimate of drug-likeness (QED) is 0.400. The fraction of sp³-hybridized carbons (Fsp3) is 0.440. The minimum absolute atomic E-state index is 0.0211. The van der Waals surface area contributed by atoms with Crippen molar-refractivity contribution < 1.29 is 8.42 Å². The van der Waals surface area contributed by atoms with E-state index in [1.165, 1.54) is 6.42 Å². The van der Waals surface area contributed by atoms with E-state index in [9.17, 15) is 8.42 Å². The van der Waals surface area contributed by atoms with Crippen LogP contribution in [-0.4, -0.2) is 42.7 Å². The van der Waals surface area contributed by atoms with Crippen molar-refractivity contribution >= 4 is 21.7 Å². The van der Waals surface area contributed by atoms with Crippen LogP contribution in [0.1, 0.15) is 50.5 Å². The topological polar surface area (TPSA) is 117 Å². The molecule has 4 N–H and O–H groups in total. The summed E-state index contributed by atoms with van der Waals surface area (Å²) in [5, 5.41) is 0. The van der Waals surface area contributed by atoms with E-state index in [-0.39, 0.29) is 17.7 Å². The Hall–Kier alpha value is -2.91. The number of hydrogen-bond donors (Lipinski definition) is 3. The molecule has 0 bridgehead atoms. The highest BCUT2D eigenvalue weighted by Crippen LogP contribution is 2.39. The Kier molecular flexibility index (Phi) is 6.95. The van der Waals surface area contributed by atoms with Crippen LogP contribution in [0.5, 0.6) is 0 Å². The van der Waals surface area contributed by atoms with Crippen molar-refractivity contribution in [3.63, 3.8) is 0 Å². The number of nitrogens with two attached hydrogens (primary N) is 1. The molecule has 1 aromatic carbocycles. The molecule has 8 nitrogen and oxygen atoms in total.